The zero-order valence-electron chi connectivity index (χ0n) is 8.07. The Morgan fingerprint density at radius 2 is 2.07 bits per heavy atom. The fraction of sp³-hybridized carbons (Fsp3) is 0.300. The van der Waals surface area contributed by atoms with E-state index in [1.165, 1.54) is 6.07 Å². The first-order valence-electron chi connectivity index (χ1n) is 4.36. The van der Waals surface area contributed by atoms with Gasteiger partial charge in [-0.1, -0.05) is 18.2 Å². The predicted octanol–water partition coefficient (Wildman–Crippen LogP) is 1.81. The van der Waals surface area contributed by atoms with E-state index in [9.17, 15) is 9.18 Å². The Morgan fingerprint density at radius 1 is 1.40 bits per heavy atom. The van der Waals surface area contributed by atoms with E-state index in [0.717, 1.165) is 0 Å². The largest absolute Gasteiger partial charge is 0.481 e. The van der Waals surface area contributed by atoms with Gasteiger partial charge in [-0.15, -0.1) is 12.4 Å². The summed E-state index contributed by atoms with van der Waals surface area (Å²) < 4.78 is 13.0. The molecule has 1 rings (SSSR count). The molecule has 0 heterocycles. The van der Waals surface area contributed by atoms with Crippen LogP contribution in [0.25, 0.3) is 0 Å². The summed E-state index contributed by atoms with van der Waals surface area (Å²) in [5.74, 6) is -1.12. The van der Waals surface area contributed by atoms with Gasteiger partial charge in [-0.05, 0) is 6.07 Å². The highest BCUT2D eigenvalue weighted by Crippen LogP contribution is 2.05. The summed E-state index contributed by atoms with van der Waals surface area (Å²) in [5.41, 5.74) is 0.554. The van der Waals surface area contributed by atoms with Crippen molar-refractivity contribution in [1.29, 1.82) is 0 Å². The lowest BCUT2D eigenvalue weighted by Gasteiger charge is -2.03. The third-order valence-corrected chi connectivity index (χ3v) is 1.79. The quantitative estimate of drug-likeness (QED) is 0.763. The number of aliphatic carboxylic acids is 1. The molecular formula is C10H13ClFNO2. The Bertz CT molecular complexity index is 320. The molecule has 0 aliphatic heterocycles. The van der Waals surface area contributed by atoms with Crippen molar-refractivity contribution >= 4 is 18.4 Å². The molecule has 15 heavy (non-hydrogen) atoms. The van der Waals surface area contributed by atoms with Crippen LogP contribution in [0.2, 0.25) is 0 Å². The van der Waals surface area contributed by atoms with Gasteiger partial charge >= 0.3 is 5.97 Å². The molecule has 2 N–H and O–H groups in total. The van der Waals surface area contributed by atoms with Gasteiger partial charge in [0.15, 0.2) is 0 Å². The Balaban J connectivity index is 0.00000196. The molecule has 0 saturated carbocycles. The monoisotopic (exact) mass is 233 g/mol. The number of halogens is 2. The standard InChI is InChI=1S/C10H12FNO2.ClH/c11-9-4-2-1-3-8(9)7-12-6-5-10(13)14;/h1-4,12H,5-7H2,(H,13,14);1H. The van der Waals surface area contributed by atoms with Crippen LogP contribution in [0.15, 0.2) is 24.3 Å². The van der Waals surface area contributed by atoms with Gasteiger partial charge in [0, 0.05) is 18.7 Å². The molecular weight excluding hydrogens is 221 g/mol. The molecule has 3 nitrogen and oxygen atoms in total. The lowest BCUT2D eigenvalue weighted by atomic mass is 10.2. The molecule has 0 saturated heterocycles. The van der Waals surface area contributed by atoms with Gasteiger partial charge in [-0.3, -0.25) is 4.79 Å². The summed E-state index contributed by atoms with van der Waals surface area (Å²) in [6.45, 7) is 0.712. The third kappa shape index (κ3) is 5.34. The van der Waals surface area contributed by atoms with E-state index in [1.807, 2.05) is 0 Å². The number of carbonyl (C=O) groups is 1. The van der Waals surface area contributed by atoms with Crippen molar-refractivity contribution in [2.24, 2.45) is 0 Å². The van der Waals surface area contributed by atoms with Crippen molar-refractivity contribution in [2.45, 2.75) is 13.0 Å². The van der Waals surface area contributed by atoms with Crippen molar-refractivity contribution in [3.8, 4) is 0 Å². The van der Waals surface area contributed by atoms with Crippen molar-refractivity contribution in [3.63, 3.8) is 0 Å². The number of rotatable bonds is 5. The van der Waals surface area contributed by atoms with E-state index in [0.29, 0.717) is 18.7 Å². The van der Waals surface area contributed by atoms with Crippen molar-refractivity contribution in [1.82, 2.24) is 5.32 Å². The normalized spacial score (nSPS) is 9.40. The minimum Gasteiger partial charge on any atom is -0.481 e. The van der Waals surface area contributed by atoms with Crippen LogP contribution in [0.3, 0.4) is 0 Å². The number of benzene rings is 1. The van der Waals surface area contributed by atoms with Gasteiger partial charge in [0.25, 0.3) is 0 Å². The Hall–Kier alpha value is -1.13. The second-order valence-electron chi connectivity index (χ2n) is 2.91. The molecule has 1 aromatic carbocycles. The van der Waals surface area contributed by atoms with Crippen LogP contribution in [0.4, 0.5) is 4.39 Å². The van der Waals surface area contributed by atoms with Gasteiger partial charge in [0.2, 0.25) is 0 Å². The molecule has 84 valence electrons. The number of nitrogens with one attached hydrogen (secondary N) is 1. The molecule has 0 spiro atoms. The first kappa shape index (κ1) is 13.9. The summed E-state index contributed by atoms with van der Waals surface area (Å²) in [6.07, 6.45) is 0.0501. The van der Waals surface area contributed by atoms with E-state index < -0.39 is 5.97 Å². The number of hydrogen-bond acceptors (Lipinski definition) is 2. The highest BCUT2D eigenvalue weighted by molar-refractivity contribution is 5.85. The van der Waals surface area contributed by atoms with E-state index in [-0.39, 0.29) is 24.6 Å². The first-order valence-corrected chi connectivity index (χ1v) is 4.36. The van der Waals surface area contributed by atoms with Crippen molar-refractivity contribution < 1.29 is 14.3 Å². The average molecular weight is 234 g/mol. The van der Waals surface area contributed by atoms with Crippen LogP contribution in [-0.4, -0.2) is 17.6 Å². The Morgan fingerprint density at radius 3 is 2.67 bits per heavy atom. The number of carboxylic acid groups (broad SMARTS) is 1. The lowest BCUT2D eigenvalue weighted by molar-refractivity contribution is -0.136. The smallest absolute Gasteiger partial charge is 0.304 e. The maximum Gasteiger partial charge on any atom is 0.304 e. The fourth-order valence-electron chi connectivity index (χ4n) is 1.06. The summed E-state index contributed by atoms with van der Waals surface area (Å²) in [5, 5.41) is 11.2. The van der Waals surface area contributed by atoms with Crippen LogP contribution in [0, 0.1) is 5.82 Å². The highest BCUT2D eigenvalue weighted by Gasteiger charge is 2.00. The molecule has 0 fully saturated rings. The molecule has 0 amide bonds. The third-order valence-electron chi connectivity index (χ3n) is 1.79. The Labute approximate surface area is 93.7 Å². The highest BCUT2D eigenvalue weighted by atomic mass is 35.5. The van der Waals surface area contributed by atoms with Crippen LogP contribution in [0.5, 0.6) is 0 Å². The average Bonchev–Trinajstić information content (AvgIpc) is 2.15. The topological polar surface area (TPSA) is 49.3 Å². The van der Waals surface area contributed by atoms with E-state index in [4.69, 9.17) is 5.11 Å². The van der Waals surface area contributed by atoms with Gasteiger partial charge in [-0.25, -0.2) is 4.39 Å². The molecule has 0 unspecified atom stereocenters. The molecule has 5 heteroatoms. The molecule has 0 aromatic heterocycles. The second kappa shape index (κ2) is 7.20. The van der Waals surface area contributed by atoms with Crippen LogP contribution in [0.1, 0.15) is 12.0 Å². The summed E-state index contributed by atoms with van der Waals surface area (Å²) in [6, 6.07) is 6.42. The molecule has 0 aliphatic carbocycles. The van der Waals surface area contributed by atoms with Gasteiger partial charge in [-0.2, -0.15) is 0 Å². The van der Waals surface area contributed by atoms with E-state index in [2.05, 4.69) is 5.32 Å². The van der Waals surface area contributed by atoms with E-state index in [1.54, 1.807) is 18.2 Å². The van der Waals surface area contributed by atoms with Crippen LogP contribution in [-0.2, 0) is 11.3 Å². The first-order chi connectivity index (χ1) is 6.70. The molecule has 0 bridgehead atoms. The van der Waals surface area contributed by atoms with Crippen LogP contribution >= 0.6 is 12.4 Å². The van der Waals surface area contributed by atoms with Crippen molar-refractivity contribution in [3.05, 3.63) is 35.6 Å². The SMILES string of the molecule is Cl.O=C(O)CCNCc1ccccc1F. The maximum atomic E-state index is 13.0. The number of hydrogen-bond donors (Lipinski definition) is 2. The fourth-order valence-corrected chi connectivity index (χ4v) is 1.06. The molecule has 0 radical (unpaired) electrons. The molecule has 0 atom stereocenters. The number of carboxylic acids is 1. The maximum absolute atomic E-state index is 13.0. The van der Waals surface area contributed by atoms with Gasteiger partial charge < -0.3 is 10.4 Å². The van der Waals surface area contributed by atoms with Gasteiger partial charge in [0.05, 0.1) is 6.42 Å². The lowest BCUT2D eigenvalue weighted by Crippen LogP contribution is -2.18. The zero-order chi connectivity index (χ0) is 10.4. The zero-order valence-corrected chi connectivity index (χ0v) is 8.89. The van der Waals surface area contributed by atoms with Crippen LogP contribution < -0.4 is 5.32 Å². The van der Waals surface area contributed by atoms with Gasteiger partial charge in [0.1, 0.15) is 5.82 Å². The molecule has 0 aliphatic rings. The minimum absolute atomic E-state index is 0. The summed E-state index contributed by atoms with van der Waals surface area (Å²) >= 11 is 0. The summed E-state index contributed by atoms with van der Waals surface area (Å²) in [7, 11) is 0. The van der Waals surface area contributed by atoms with Crippen molar-refractivity contribution in [2.75, 3.05) is 6.54 Å². The predicted molar refractivity (Wildman–Crippen MR) is 57.6 cm³/mol. The summed E-state index contributed by atoms with van der Waals surface area (Å²) in [4.78, 5) is 10.2. The van der Waals surface area contributed by atoms with E-state index >= 15 is 0 Å². The second-order valence-corrected chi connectivity index (χ2v) is 2.91. The molecule has 1 aromatic rings. The Kier molecular flexibility index (Phi) is 6.66. The minimum atomic E-state index is -0.856.